The van der Waals surface area contributed by atoms with Crippen LogP contribution in [0.5, 0.6) is 0 Å². The Bertz CT molecular complexity index is 763. The van der Waals surface area contributed by atoms with Gasteiger partial charge in [0.2, 0.25) is 0 Å². The first-order chi connectivity index (χ1) is 12.1. The van der Waals surface area contributed by atoms with Crippen molar-refractivity contribution in [3.8, 4) is 0 Å². The summed E-state index contributed by atoms with van der Waals surface area (Å²) in [5.41, 5.74) is 2.32. The van der Waals surface area contributed by atoms with E-state index >= 15 is 0 Å². The minimum absolute atomic E-state index is 0.0166. The summed E-state index contributed by atoms with van der Waals surface area (Å²) in [4.78, 5) is 32.7. The van der Waals surface area contributed by atoms with Crippen molar-refractivity contribution in [2.24, 2.45) is 0 Å². The van der Waals surface area contributed by atoms with E-state index in [2.05, 4.69) is 15.2 Å². The van der Waals surface area contributed by atoms with Gasteiger partial charge in [0.05, 0.1) is 6.04 Å². The molecule has 0 bridgehead atoms. The third-order valence-corrected chi connectivity index (χ3v) is 4.62. The third kappa shape index (κ3) is 3.69. The molecule has 6 nitrogen and oxygen atoms in total. The van der Waals surface area contributed by atoms with Crippen LogP contribution < -0.4 is 5.32 Å². The van der Waals surface area contributed by atoms with Gasteiger partial charge in [0.15, 0.2) is 0 Å². The largest absolute Gasteiger partial charge is 0.355 e. The maximum atomic E-state index is 12.7. The molecule has 1 aromatic heterocycles. The number of rotatable bonds is 3. The molecule has 0 unspecified atom stereocenters. The number of nitrogens with zero attached hydrogens (tertiary/aromatic N) is 3. The summed E-state index contributed by atoms with van der Waals surface area (Å²) in [6.45, 7) is 2.06. The van der Waals surface area contributed by atoms with Crippen molar-refractivity contribution in [2.45, 2.75) is 6.04 Å². The fraction of sp³-hybridized carbons (Fsp3) is 0.316. The number of aromatic nitrogens is 1. The number of piperazine rings is 1. The van der Waals surface area contributed by atoms with Gasteiger partial charge in [-0.05, 0) is 36.9 Å². The van der Waals surface area contributed by atoms with Gasteiger partial charge in [0.25, 0.3) is 11.8 Å². The van der Waals surface area contributed by atoms with Gasteiger partial charge in [-0.1, -0.05) is 12.1 Å². The van der Waals surface area contributed by atoms with E-state index in [4.69, 9.17) is 0 Å². The molecule has 2 amide bonds. The van der Waals surface area contributed by atoms with Gasteiger partial charge < -0.3 is 10.2 Å². The number of pyridine rings is 1. The van der Waals surface area contributed by atoms with Gasteiger partial charge >= 0.3 is 0 Å². The molecule has 0 saturated carbocycles. The van der Waals surface area contributed by atoms with Crippen LogP contribution in [0.2, 0.25) is 0 Å². The monoisotopic (exact) mass is 338 g/mol. The zero-order valence-corrected chi connectivity index (χ0v) is 14.5. The van der Waals surface area contributed by atoms with Crippen LogP contribution in [-0.2, 0) is 0 Å². The summed E-state index contributed by atoms with van der Waals surface area (Å²) in [5.74, 6) is -0.0898. The lowest BCUT2D eigenvalue weighted by Gasteiger charge is -2.39. The Morgan fingerprint density at radius 3 is 2.60 bits per heavy atom. The molecule has 2 aromatic rings. The summed E-state index contributed by atoms with van der Waals surface area (Å²) in [6, 6.07) is 11.1. The van der Waals surface area contributed by atoms with Crippen molar-refractivity contribution in [3.05, 3.63) is 65.5 Å². The SMILES string of the molecule is CNC(=O)c1cccc([C@H]2CN(C(=O)c3ccncc3)CCN2C)c1. The molecule has 1 aromatic carbocycles. The molecule has 0 spiro atoms. The highest BCUT2D eigenvalue weighted by Gasteiger charge is 2.29. The van der Waals surface area contributed by atoms with Crippen molar-refractivity contribution >= 4 is 11.8 Å². The Labute approximate surface area is 147 Å². The number of benzene rings is 1. The van der Waals surface area contributed by atoms with Crippen LogP contribution in [0.4, 0.5) is 0 Å². The summed E-state index contributed by atoms with van der Waals surface area (Å²) in [5, 5.41) is 2.65. The average Bonchev–Trinajstić information content (AvgIpc) is 2.68. The molecule has 1 N–H and O–H groups in total. The Morgan fingerprint density at radius 2 is 1.88 bits per heavy atom. The van der Waals surface area contributed by atoms with Crippen LogP contribution in [0.3, 0.4) is 0 Å². The van der Waals surface area contributed by atoms with Crippen molar-refractivity contribution in [1.82, 2.24) is 20.1 Å². The molecule has 1 aliphatic heterocycles. The van der Waals surface area contributed by atoms with E-state index in [1.807, 2.05) is 30.1 Å². The van der Waals surface area contributed by atoms with Gasteiger partial charge in [-0.3, -0.25) is 19.5 Å². The molecule has 0 aliphatic carbocycles. The fourth-order valence-electron chi connectivity index (χ4n) is 3.13. The molecule has 1 atom stereocenters. The average molecular weight is 338 g/mol. The van der Waals surface area contributed by atoms with Crippen LogP contribution in [0, 0.1) is 0 Å². The highest BCUT2D eigenvalue weighted by Crippen LogP contribution is 2.25. The Hall–Kier alpha value is -2.73. The van der Waals surface area contributed by atoms with E-state index in [1.165, 1.54) is 0 Å². The normalized spacial score (nSPS) is 18.0. The predicted molar refractivity (Wildman–Crippen MR) is 95.3 cm³/mol. The van der Waals surface area contributed by atoms with Crippen LogP contribution in [-0.4, -0.2) is 60.3 Å². The van der Waals surface area contributed by atoms with E-state index in [9.17, 15) is 9.59 Å². The van der Waals surface area contributed by atoms with Gasteiger partial charge in [-0.15, -0.1) is 0 Å². The molecule has 1 saturated heterocycles. The van der Waals surface area contributed by atoms with Crippen LogP contribution >= 0.6 is 0 Å². The highest BCUT2D eigenvalue weighted by molar-refractivity contribution is 5.94. The number of likely N-dealkylation sites (N-methyl/N-ethyl adjacent to an activating group) is 1. The molecular weight excluding hydrogens is 316 g/mol. The number of carbonyl (C=O) groups is 2. The van der Waals surface area contributed by atoms with Gasteiger partial charge in [-0.2, -0.15) is 0 Å². The second-order valence-corrected chi connectivity index (χ2v) is 6.19. The lowest BCUT2D eigenvalue weighted by atomic mass is 10.00. The van der Waals surface area contributed by atoms with E-state index in [0.717, 1.165) is 12.1 Å². The van der Waals surface area contributed by atoms with E-state index in [-0.39, 0.29) is 17.9 Å². The quantitative estimate of drug-likeness (QED) is 0.923. The smallest absolute Gasteiger partial charge is 0.254 e. The maximum absolute atomic E-state index is 12.7. The summed E-state index contributed by atoms with van der Waals surface area (Å²) < 4.78 is 0. The lowest BCUT2D eigenvalue weighted by molar-refractivity contribution is 0.0545. The first-order valence-electron chi connectivity index (χ1n) is 8.31. The zero-order chi connectivity index (χ0) is 17.8. The second kappa shape index (κ2) is 7.44. The van der Waals surface area contributed by atoms with E-state index < -0.39 is 0 Å². The fourth-order valence-corrected chi connectivity index (χ4v) is 3.13. The molecule has 2 heterocycles. The van der Waals surface area contributed by atoms with Crippen molar-refractivity contribution in [1.29, 1.82) is 0 Å². The van der Waals surface area contributed by atoms with Gasteiger partial charge in [0, 0.05) is 50.2 Å². The number of carbonyl (C=O) groups excluding carboxylic acids is 2. The first-order valence-corrected chi connectivity index (χ1v) is 8.31. The highest BCUT2D eigenvalue weighted by atomic mass is 16.2. The maximum Gasteiger partial charge on any atom is 0.254 e. The summed E-state index contributed by atoms with van der Waals surface area (Å²) in [6.07, 6.45) is 3.27. The van der Waals surface area contributed by atoms with Gasteiger partial charge in [-0.25, -0.2) is 0 Å². The van der Waals surface area contributed by atoms with Crippen LogP contribution in [0.15, 0.2) is 48.8 Å². The summed E-state index contributed by atoms with van der Waals surface area (Å²) in [7, 11) is 3.67. The van der Waals surface area contributed by atoms with Crippen molar-refractivity contribution in [3.63, 3.8) is 0 Å². The van der Waals surface area contributed by atoms with Crippen LogP contribution in [0.25, 0.3) is 0 Å². The lowest BCUT2D eigenvalue weighted by Crippen LogP contribution is -2.49. The minimum atomic E-state index is -0.106. The summed E-state index contributed by atoms with van der Waals surface area (Å²) >= 11 is 0. The van der Waals surface area contributed by atoms with Gasteiger partial charge in [0.1, 0.15) is 0 Å². The number of hydrogen-bond acceptors (Lipinski definition) is 4. The first kappa shape index (κ1) is 17.1. The zero-order valence-electron chi connectivity index (χ0n) is 14.5. The number of hydrogen-bond donors (Lipinski definition) is 1. The topological polar surface area (TPSA) is 65.5 Å². The molecule has 3 rings (SSSR count). The minimum Gasteiger partial charge on any atom is -0.355 e. The molecular formula is C19H22N4O2. The number of nitrogens with one attached hydrogen (secondary N) is 1. The molecule has 130 valence electrons. The molecule has 6 heteroatoms. The van der Waals surface area contributed by atoms with Crippen LogP contribution in [0.1, 0.15) is 32.3 Å². The molecule has 25 heavy (non-hydrogen) atoms. The Morgan fingerprint density at radius 1 is 1.12 bits per heavy atom. The van der Waals surface area contributed by atoms with Crippen molar-refractivity contribution < 1.29 is 9.59 Å². The Kier molecular flexibility index (Phi) is 5.09. The number of amides is 2. The second-order valence-electron chi connectivity index (χ2n) is 6.19. The molecule has 1 fully saturated rings. The third-order valence-electron chi connectivity index (χ3n) is 4.62. The Balaban J connectivity index is 1.82. The molecule has 0 radical (unpaired) electrons. The van der Waals surface area contributed by atoms with E-state index in [0.29, 0.717) is 24.2 Å². The standard InChI is InChI=1S/C19H22N4O2/c1-20-18(24)16-5-3-4-15(12-16)17-13-23(11-10-22(17)2)19(25)14-6-8-21-9-7-14/h3-9,12,17H,10-11,13H2,1-2H3,(H,20,24)/t17-/m1/s1. The van der Waals surface area contributed by atoms with E-state index in [1.54, 1.807) is 37.6 Å². The molecule has 1 aliphatic rings. The predicted octanol–water partition coefficient (Wildman–Crippen LogP) is 1.57. The van der Waals surface area contributed by atoms with Crippen molar-refractivity contribution in [2.75, 3.05) is 33.7 Å².